The Morgan fingerprint density at radius 2 is 2.30 bits per heavy atom. The van der Waals surface area contributed by atoms with E-state index in [9.17, 15) is 9.90 Å². The van der Waals surface area contributed by atoms with Crippen LogP contribution in [0.1, 0.15) is 10.4 Å². The SMILES string of the molecule is O=C(c1cccc(-n2cccn2)c1)N1CC=C[C@H]1CO. The van der Waals surface area contributed by atoms with Gasteiger partial charge in [-0.05, 0) is 24.3 Å². The van der Waals surface area contributed by atoms with Gasteiger partial charge in [0.05, 0.1) is 18.3 Å². The Bertz CT molecular complexity index is 634. The second-order valence-electron chi connectivity index (χ2n) is 4.64. The molecule has 0 bridgehead atoms. The molecule has 5 heteroatoms. The average molecular weight is 269 g/mol. The molecule has 5 nitrogen and oxygen atoms in total. The molecule has 1 N–H and O–H groups in total. The van der Waals surface area contributed by atoms with Crippen molar-refractivity contribution in [2.75, 3.05) is 13.2 Å². The molecule has 0 aliphatic carbocycles. The molecule has 1 aliphatic rings. The monoisotopic (exact) mass is 269 g/mol. The van der Waals surface area contributed by atoms with Crippen molar-refractivity contribution in [3.05, 3.63) is 60.4 Å². The van der Waals surface area contributed by atoms with Crippen LogP contribution in [0.5, 0.6) is 0 Å². The maximum absolute atomic E-state index is 12.5. The number of carbonyl (C=O) groups excluding carboxylic acids is 1. The lowest BCUT2D eigenvalue weighted by atomic mass is 10.1. The van der Waals surface area contributed by atoms with Crippen LogP contribution in [0, 0.1) is 0 Å². The quantitative estimate of drug-likeness (QED) is 0.853. The number of aliphatic hydroxyl groups excluding tert-OH is 1. The minimum Gasteiger partial charge on any atom is -0.394 e. The zero-order valence-corrected chi connectivity index (χ0v) is 10.9. The van der Waals surface area contributed by atoms with Crippen LogP contribution in [0.3, 0.4) is 0 Å². The van der Waals surface area contributed by atoms with Crippen molar-refractivity contribution in [2.24, 2.45) is 0 Å². The molecule has 0 unspecified atom stereocenters. The Labute approximate surface area is 116 Å². The van der Waals surface area contributed by atoms with E-state index in [1.54, 1.807) is 21.8 Å². The van der Waals surface area contributed by atoms with Crippen LogP contribution in [-0.2, 0) is 0 Å². The van der Waals surface area contributed by atoms with Gasteiger partial charge in [-0.25, -0.2) is 4.68 Å². The van der Waals surface area contributed by atoms with Crippen LogP contribution in [0.2, 0.25) is 0 Å². The molecule has 1 amide bonds. The Morgan fingerprint density at radius 1 is 1.40 bits per heavy atom. The van der Waals surface area contributed by atoms with E-state index in [0.717, 1.165) is 5.69 Å². The number of rotatable bonds is 3. The van der Waals surface area contributed by atoms with Crippen molar-refractivity contribution in [3.8, 4) is 5.69 Å². The summed E-state index contributed by atoms with van der Waals surface area (Å²) in [4.78, 5) is 14.1. The third-order valence-corrected chi connectivity index (χ3v) is 3.37. The normalized spacial score (nSPS) is 17.6. The second-order valence-corrected chi connectivity index (χ2v) is 4.64. The number of aromatic nitrogens is 2. The van der Waals surface area contributed by atoms with Gasteiger partial charge in [-0.15, -0.1) is 0 Å². The molecule has 2 heterocycles. The number of benzene rings is 1. The van der Waals surface area contributed by atoms with E-state index in [-0.39, 0.29) is 18.6 Å². The van der Waals surface area contributed by atoms with Gasteiger partial charge in [-0.2, -0.15) is 5.10 Å². The van der Waals surface area contributed by atoms with E-state index in [2.05, 4.69) is 5.10 Å². The summed E-state index contributed by atoms with van der Waals surface area (Å²) in [7, 11) is 0. The largest absolute Gasteiger partial charge is 0.394 e. The summed E-state index contributed by atoms with van der Waals surface area (Å²) < 4.78 is 1.71. The zero-order chi connectivity index (χ0) is 13.9. The van der Waals surface area contributed by atoms with Gasteiger partial charge < -0.3 is 10.0 Å². The number of nitrogens with zero attached hydrogens (tertiary/aromatic N) is 3. The van der Waals surface area contributed by atoms with E-state index in [1.807, 2.05) is 42.6 Å². The lowest BCUT2D eigenvalue weighted by Crippen LogP contribution is -2.38. The molecule has 102 valence electrons. The molecular formula is C15H15N3O2. The van der Waals surface area contributed by atoms with Crippen LogP contribution in [-0.4, -0.2) is 44.9 Å². The summed E-state index contributed by atoms with van der Waals surface area (Å²) in [5.41, 5.74) is 1.44. The number of hydrogen-bond donors (Lipinski definition) is 1. The highest BCUT2D eigenvalue weighted by Gasteiger charge is 2.25. The van der Waals surface area contributed by atoms with E-state index < -0.39 is 0 Å². The molecule has 0 saturated heterocycles. The van der Waals surface area contributed by atoms with Crippen molar-refractivity contribution in [1.29, 1.82) is 0 Å². The van der Waals surface area contributed by atoms with Gasteiger partial charge in [0.1, 0.15) is 0 Å². The van der Waals surface area contributed by atoms with Crippen LogP contribution in [0.4, 0.5) is 0 Å². The fraction of sp³-hybridized carbons (Fsp3) is 0.200. The summed E-state index contributed by atoms with van der Waals surface area (Å²) in [6.45, 7) is 0.483. The van der Waals surface area contributed by atoms with Crippen molar-refractivity contribution in [2.45, 2.75) is 6.04 Å². The maximum atomic E-state index is 12.5. The second kappa shape index (κ2) is 5.30. The molecular weight excluding hydrogens is 254 g/mol. The van der Waals surface area contributed by atoms with Gasteiger partial charge in [0, 0.05) is 24.5 Å². The first-order valence-electron chi connectivity index (χ1n) is 6.48. The molecule has 2 aromatic rings. The standard InChI is InChI=1S/C15H15N3O2/c19-11-14-6-2-8-17(14)15(20)12-4-1-5-13(10-12)18-9-3-7-16-18/h1-7,9-10,14,19H,8,11H2/t14-/m0/s1. The minimum absolute atomic E-state index is 0.0545. The highest BCUT2D eigenvalue weighted by Crippen LogP contribution is 2.16. The van der Waals surface area contributed by atoms with Gasteiger partial charge in [-0.3, -0.25) is 4.79 Å². The highest BCUT2D eigenvalue weighted by atomic mass is 16.3. The summed E-state index contributed by atoms with van der Waals surface area (Å²) >= 11 is 0. The lowest BCUT2D eigenvalue weighted by molar-refractivity contribution is 0.0700. The van der Waals surface area contributed by atoms with E-state index >= 15 is 0 Å². The van der Waals surface area contributed by atoms with Crippen LogP contribution in [0.25, 0.3) is 5.69 Å². The maximum Gasteiger partial charge on any atom is 0.254 e. The Kier molecular flexibility index (Phi) is 3.35. The Morgan fingerprint density at radius 3 is 3.05 bits per heavy atom. The first-order valence-corrected chi connectivity index (χ1v) is 6.48. The summed E-state index contributed by atoms with van der Waals surface area (Å²) in [5, 5.41) is 13.4. The highest BCUT2D eigenvalue weighted by molar-refractivity contribution is 5.95. The van der Waals surface area contributed by atoms with Gasteiger partial charge >= 0.3 is 0 Å². The molecule has 3 rings (SSSR count). The fourth-order valence-electron chi connectivity index (χ4n) is 2.33. The van der Waals surface area contributed by atoms with E-state index in [1.165, 1.54) is 0 Å². The Balaban J connectivity index is 1.87. The molecule has 1 aromatic heterocycles. The summed E-state index contributed by atoms with van der Waals surface area (Å²) in [6.07, 6.45) is 7.28. The molecule has 0 radical (unpaired) electrons. The van der Waals surface area contributed by atoms with Gasteiger partial charge in [0.25, 0.3) is 5.91 Å². The first kappa shape index (κ1) is 12.6. The van der Waals surface area contributed by atoms with Crippen molar-refractivity contribution in [1.82, 2.24) is 14.7 Å². The van der Waals surface area contributed by atoms with Crippen molar-refractivity contribution in [3.63, 3.8) is 0 Å². The van der Waals surface area contributed by atoms with Crippen molar-refractivity contribution >= 4 is 5.91 Å². The topological polar surface area (TPSA) is 58.4 Å². The molecule has 0 saturated carbocycles. The number of aliphatic hydroxyl groups is 1. The van der Waals surface area contributed by atoms with Gasteiger partial charge in [0.15, 0.2) is 0 Å². The van der Waals surface area contributed by atoms with Crippen LogP contribution < -0.4 is 0 Å². The minimum atomic E-state index is -0.226. The third kappa shape index (κ3) is 2.23. The van der Waals surface area contributed by atoms with Crippen molar-refractivity contribution < 1.29 is 9.90 Å². The average Bonchev–Trinajstić information content (AvgIpc) is 3.17. The molecule has 1 aliphatic heterocycles. The zero-order valence-electron chi connectivity index (χ0n) is 10.9. The molecule has 0 spiro atoms. The predicted molar refractivity (Wildman–Crippen MR) is 74.6 cm³/mol. The molecule has 0 fully saturated rings. The smallest absolute Gasteiger partial charge is 0.254 e. The lowest BCUT2D eigenvalue weighted by Gasteiger charge is -2.23. The number of hydrogen-bond acceptors (Lipinski definition) is 3. The predicted octanol–water partition coefficient (Wildman–Crippen LogP) is 1.25. The van der Waals surface area contributed by atoms with Gasteiger partial charge in [-0.1, -0.05) is 18.2 Å². The summed E-state index contributed by atoms with van der Waals surface area (Å²) in [6, 6.07) is 8.93. The van der Waals surface area contributed by atoms with Crippen LogP contribution >= 0.6 is 0 Å². The third-order valence-electron chi connectivity index (χ3n) is 3.37. The molecule has 1 aromatic carbocycles. The summed E-state index contributed by atoms with van der Waals surface area (Å²) in [5.74, 6) is -0.0805. The van der Waals surface area contributed by atoms with E-state index in [4.69, 9.17) is 0 Å². The Hall–Kier alpha value is -2.40. The molecule has 1 atom stereocenters. The fourth-order valence-corrected chi connectivity index (χ4v) is 2.33. The number of amides is 1. The van der Waals surface area contributed by atoms with Gasteiger partial charge in [0.2, 0.25) is 0 Å². The first-order chi connectivity index (χ1) is 9.79. The molecule has 20 heavy (non-hydrogen) atoms. The van der Waals surface area contributed by atoms with Crippen LogP contribution in [0.15, 0.2) is 54.9 Å². The number of carbonyl (C=O) groups is 1. The van der Waals surface area contributed by atoms with E-state index in [0.29, 0.717) is 12.1 Å².